The molecule has 3 aromatic carbocycles. The monoisotopic (exact) mass is 443 g/mol. The molecule has 0 heterocycles. The quantitative estimate of drug-likeness (QED) is 0.410. The Morgan fingerprint density at radius 2 is 1.71 bits per heavy atom. The molecule has 3 aromatic rings. The van der Waals surface area contributed by atoms with Crippen LogP contribution in [0.3, 0.4) is 0 Å². The van der Waals surface area contributed by atoms with Crippen molar-refractivity contribution < 1.29 is 18.4 Å². The number of anilines is 2. The molecule has 0 unspecified atom stereocenters. The molecular weight excluding hydrogens is 424 g/mol. The van der Waals surface area contributed by atoms with Crippen LogP contribution in [-0.2, 0) is 0 Å². The highest BCUT2D eigenvalue weighted by atomic mass is 35.5. The molecule has 0 atom stereocenters. The fourth-order valence-corrected chi connectivity index (χ4v) is 3.23. The molecule has 0 bridgehead atoms. The Bertz CT molecular complexity index is 1170. The summed E-state index contributed by atoms with van der Waals surface area (Å²) in [5.41, 5.74) is 4.87. The molecule has 0 aromatic heterocycles. The van der Waals surface area contributed by atoms with E-state index in [1.54, 1.807) is 39.2 Å². The number of nitrogens with zero attached hydrogens (tertiary/aromatic N) is 1. The van der Waals surface area contributed by atoms with Crippen LogP contribution in [0.25, 0.3) is 0 Å². The van der Waals surface area contributed by atoms with Crippen LogP contribution < -0.4 is 10.7 Å². The summed E-state index contributed by atoms with van der Waals surface area (Å²) in [4.78, 5) is 25.5. The van der Waals surface area contributed by atoms with Crippen molar-refractivity contribution in [3.63, 3.8) is 0 Å². The molecule has 0 spiro atoms. The van der Waals surface area contributed by atoms with Gasteiger partial charge in [-0.2, -0.15) is 0 Å². The maximum absolute atomic E-state index is 13.9. The molecule has 0 saturated carbocycles. The number of hydrazine groups is 1. The van der Waals surface area contributed by atoms with Crippen LogP contribution in [0.2, 0.25) is 5.02 Å². The normalized spacial score (nSPS) is 10.6. The number of benzene rings is 3. The third kappa shape index (κ3) is 4.90. The van der Waals surface area contributed by atoms with E-state index in [9.17, 15) is 18.4 Å². The van der Waals surface area contributed by atoms with Crippen molar-refractivity contribution in [2.75, 3.05) is 19.4 Å². The van der Waals surface area contributed by atoms with Crippen LogP contribution >= 0.6 is 11.6 Å². The second kappa shape index (κ2) is 9.24. The van der Waals surface area contributed by atoms with Gasteiger partial charge in [0.2, 0.25) is 0 Å². The van der Waals surface area contributed by atoms with E-state index in [4.69, 9.17) is 11.6 Å². The molecule has 0 aliphatic rings. The Hall–Kier alpha value is -3.29. The summed E-state index contributed by atoms with van der Waals surface area (Å²) in [6, 6.07) is 12.6. The predicted molar refractivity (Wildman–Crippen MR) is 117 cm³/mol. The van der Waals surface area contributed by atoms with E-state index in [-0.39, 0.29) is 28.0 Å². The number of hydrogen-bond acceptors (Lipinski definition) is 4. The second-order valence-corrected chi connectivity index (χ2v) is 7.30. The lowest BCUT2D eigenvalue weighted by molar-refractivity contribution is 0.0735. The zero-order valence-electron chi connectivity index (χ0n) is 17.1. The summed E-state index contributed by atoms with van der Waals surface area (Å²) in [6.45, 7) is 1.77. The van der Waals surface area contributed by atoms with Gasteiger partial charge in [-0.25, -0.2) is 14.2 Å². The Morgan fingerprint density at radius 1 is 0.968 bits per heavy atom. The van der Waals surface area contributed by atoms with Crippen molar-refractivity contribution in [1.29, 1.82) is 0 Å². The van der Waals surface area contributed by atoms with Gasteiger partial charge in [0.15, 0.2) is 5.78 Å². The van der Waals surface area contributed by atoms with Crippen molar-refractivity contribution in [1.82, 2.24) is 10.4 Å². The maximum Gasteiger partial charge on any atom is 0.267 e. The first-order chi connectivity index (χ1) is 14.7. The Kier molecular flexibility index (Phi) is 6.68. The highest BCUT2D eigenvalue weighted by Gasteiger charge is 2.19. The fraction of sp³-hybridized carbons (Fsp3) is 0.130. The summed E-state index contributed by atoms with van der Waals surface area (Å²) < 4.78 is 26.9. The summed E-state index contributed by atoms with van der Waals surface area (Å²) in [5, 5.41) is 4.27. The molecule has 0 fully saturated rings. The van der Waals surface area contributed by atoms with E-state index < -0.39 is 11.6 Å². The standard InChI is InChI=1S/C23H20ClF2N3O2/c1-13-4-5-14(23(31)29(3)27-2)10-18(13)22(30)17-8-7-16(12-19(17)24)28-21-9-6-15(25)11-20(21)26/h4-12,27-28H,1-3H3. The molecule has 2 N–H and O–H groups in total. The molecule has 0 aliphatic carbocycles. The van der Waals surface area contributed by atoms with Crippen molar-refractivity contribution in [3.8, 4) is 0 Å². The minimum atomic E-state index is -0.750. The molecule has 8 heteroatoms. The van der Waals surface area contributed by atoms with Crippen LogP contribution in [0.4, 0.5) is 20.2 Å². The van der Waals surface area contributed by atoms with Gasteiger partial charge in [-0.1, -0.05) is 17.7 Å². The third-order valence-electron chi connectivity index (χ3n) is 4.79. The second-order valence-electron chi connectivity index (χ2n) is 6.89. The maximum atomic E-state index is 13.9. The van der Waals surface area contributed by atoms with E-state index in [2.05, 4.69) is 10.7 Å². The number of hydrogen-bond donors (Lipinski definition) is 2. The number of halogens is 3. The molecule has 160 valence electrons. The zero-order valence-corrected chi connectivity index (χ0v) is 17.8. The minimum Gasteiger partial charge on any atom is -0.353 e. The first kappa shape index (κ1) is 22.4. The number of rotatable bonds is 6. The predicted octanol–water partition coefficient (Wildman–Crippen LogP) is 5.11. The topological polar surface area (TPSA) is 61.4 Å². The van der Waals surface area contributed by atoms with Gasteiger partial charge in [0, 0.05) is 42.5 Å². The highest BCUT2D eigenvalue weighted by Crippen LogP contribution is 2.28. The van der Waals surface area contributed by atoms with E-state index >= 15 is 0 Å². The van der Waals surface area contributed by atoms with Crippen LogP contribution in [-0.4, -0.2) is 30.8 Å². The van der Waals surface area contributed by atoms with Crippen LogP contribution in [0.15, 0.2) is 54.6 Å². The Morgan fingerprint density at radius 3 is 2.35 bits per heavy atom. The third-order valence-corrected chi connectivity index (χ3v) is 5.11. The number of amides is 1. The molecule has 3 rings (SSSR count). The summed E-state index contributed by atoms with van der Waals surface area (Å²) in [6.07, 6.45) is 0. The molecule has 0 radical (unpaired) electrons. The van der Waals surface area contributed by atoms with Gasteiger partial charge in [-0.3, -0.25) is 14.6 Å². The Labute approximate surface area is 183 Å². The number of carbonyl (C=O) groups is 2. The summed E-state index contributed by atoms with van der Waals surface area (Å²) in [5.74, 6) is -2.06. The van der Waals surface area contributed by atoms with Crippen molar-refractivity contribution in [2.24, 2.45) is 0 Å². The molecule has 0 aliphatic heterocycles. The van der Waals surface area contributed by atoms with Gasteiger partial charge in [0.25, 0.3) is 5.91 Å². The zero-order chi connectivity index (χ0) is 22.7. The first-order valence-electron chi connectivity index (χ1n) is 9.33. The summed E-state index contributed by atoms with van der Waals surface area (Å²) >= 11 is 6.33. The largest absolute Gasteiger partial charge is 0.353 e. The average Bonchev–Trinajstić information content (AvgIpc) is 2.74. The molecule has 0 saturated heterocycles. The number of ketones is 1. The van der Waals surface area contributed by atoms with Crippen LogP contribution in [0.5, 0.6) is 0 Å². The highest BCUT2D eigenvalue weighted by molar-refractivity contribution is 6.35. The van der Waals surface area contributed by atoms with E-state index in [1.807, 2.05) is 0 Å². The van der Waals surface area contributed by atoms with Gasteiger partial charge in [-0.05, 0) is 55.0 Å². The first-order valence-corrected chi connectivity index (χ1v) is 9.71. The van der Waals surface area contributed by atoms with Gasteiger partial charge >= 0.3 is 0 Å². The molecular formula is C23H20ClF2N3O2. The Balaban J connectivity index is 1.89. The van der Waals surface area contributed by atoms with E-state index in [1.165, 1.54) is 29.3 Å². The lowest BCUT2D eigenvalue weighted by Crippen LogP contribution is -2.36. The number of carbonyl (C=O) groups excluding carboxylic acids is 2. The van der Waals surface area contributed by atoms with Crippen LogP contribution in [0, 0.1) is 18.6 Å². The number of aryl methyl sites for hydroxylation is 1. The lowest BCUT2D eigenvalue weighted by Gasteiger charge is -2.16. The lowest BCUT2D eigenvalue weighted by atomic mass is 9.96. The number of nitrogens with one attached hydrogen (secondary N) is 2. The van der Waals surface area contributed by atoms with Gasteiger partial charge in [0.05, 0.1) is 10.7 Å². The van der Waals surface area contributed by atoms with E-state index in [0.29, 0.717) is 22.4 Å². The minimum absolute atomic E-state index is 0.0762. The fourth-order valence-electron chi connectivity index (χ4n) is 2.96. The molecule has 31 heavy (non-hydrogen) atoms. The average molecular weight is 444 g/mol. The molecule has 1 amide bonds. The van der Waals surface area contributed by atoms with Gasteiger partial charge < -0.3 is 5.32 Å². The summed E-state index contributed by atoms with van der Waals surface area (Å²) in [7, 11) is 3.20. The molecule has 5 nitrogen and oxygen atoms in total. The van der Waals surface area contributed by atoms with Gasteiger partial charge in [0.1, 0.15) is 11.6 Å². The van der Waals surface area contributed by atoms with Crippen LogP contribution in [0.1, 0.15) is 31.8 Å². The van der Waals surface area contributed by atoms with Crippen molar-refractivity contribution in [2.45, 2.75) is 6.92 Å². The van der Waals surface area contributed by atoms with Crippen molar-refractivity contribution >= 4 is 34.7 Å². The van der Waals surface area contributed by atoms with E-state index in [0.717, 1.165) is 12.1 Å². The van der Waals surface area contributed by atoms with Crippen molar-refractivity contribution in [3.05, 3.63) is 93.5 Å². The SMILES string of the molecule is CNN(C)C(=O)c1ccc(C)c(C(=O)c2ccc(Nc3ccc(F)cc3F)cc2Cl)c1. The smallest absolute Gasteiger partial charge is 0.267 e. The van der Waals surface area contributed by atoms with Gasteiger partial charge in [-0.15, -0.1) is 0 Å².